The molecule has 32 heavy (non-hydrogen) atoms. The molecule has 0 aliphatic heterocycles. The van der Waals surface area contributed by atoms with Gasteiger partial charge in [-0.2, -0.15) is 5.26 Å². The van der Waals surface area contributed by atoms with E-state index in [9.17, 15) is 20.0 Å². The normalized spacial score (nSPS) is 12.6. The number of nitriles is 1. The molecule has 1 N–H and O–H groups in total. The largest absolute Gasteiger partial charge is 0.494 e. The van der Waals surface area contributed by atoms with Crippen LogP contribution < -0.4 is 10.3 Å². The van der Waals surface area contributed by atoms with Crippen molar-refractivity contribution in [2.75, 3.05) is 0 Å². The summed E-state index contributed by atoms with van der Waals surface area (Å²) in [5.41, 5.74) is -0.223. The second-order valence-corrected chi connectivity index (χ2v) is 8.11. The fourth-order valence-electron chi connectivity index (χ4n) is 3.47. The summed E-state index contributed by atoms with van der Waals surface area (Å²) in [7, 11) is 0. The first-order valence-electron chi connectivity index (χ1n) is 9.76. The number of carbonyl (C=O) groups excluding carboxylic acids is 1. The van der Waals surface area contributed by atoms with Crippen LogP contribution in [0.5, 0.6) is 11.6 Å². The van der Waals surface area contributed by atoms with Crippen molar-refractivity contribution in [3.8, 4) is 17.7 Å². The predicted octanol–water partition coefficient (Wildman–Crippen LogP) is 5.30. The molecule has 2 unspecified atom stereocenters. The lowest BCUT2D eigenvalue weighted by Crippen LogP contribution is -2.32. The van der Waals surface area contributed by atoms with Crippen LogP contribution in [0.3, 0.4) is 0 Å². The van der Waals surface area contributed by atoms with E-state index in [1.165, 1.54) is 26.0 Å². The number of Topliss-reactive ketones (excluding diaryl/α,β-unsaturated/α-hetero) is 1. The molecule has 164 valence electrons. The number of nitrogens with zero attached hydrogens (tertiary/aromatic N) is 2. The summed E-state index contributed by atoms with van der Waals surface area (Å²) in [6.07, 6.45) is -1.07. The molecule has 8 heteroatoms. The predicted molar refractivity (Wildman–Crippen MR) is 123 cm³/mol. The van der Waals surface area contributed by atoms with Crippen LogP contribution in [0.25, 0.3) is 0 Å². The number of ether oxygens (including phenoxy) is 1. The zero-order valence-corrected chi connectivity index (χ0v) is 19.1. The molecular formula is C24H20Cl2N2O4. The minimum Gasteiger partial charge on any atom is -0.494 e. The van der Waals surface area contributed by atoms with E-state index >= 15 is 0 Å². The summed E-state index contributed by atoms with van der Waals surface area (Å²) < 4.78 is 6.75. The average Bonchev–Trinajstić information content (AvgIpc) is 2.76. The van der Waals surface area contributed by atoms with E-state index < -0.39 is 29.4 Å². The molecule has 3 rings (SSSR count). The first kappa shape index (κ1) is 23.4. The van der Waals surface area contributed by atoms with Gasteiger partial charge in [-0.15, -0.1) is 0 Å². The van der Waals surface area contributed by atoms with Crippen LogP contribution in [0.1, 0.15) is 46.9 Å². The maximum Gasteiger partial charge on any atom is 0.272 e. The SMILES string of the molecule is Cc1c(C(=O)C(C)Oc2ccc(Cl)cc2Cl)c(O)n(C(C)c2ccccc2)c(=O)c1C#N. The Hall–Kier alpha value is -3.27. The van der Waals surface area contributed by atoms with Gasteiger partial charge < -0.3 is 9.84 Å². The van der Waals surface area contributed by atoms with E-state index in [2.05, 4.69) is 0 Å². The summed E-state index contributed by atoms with van der Waals surface area (Å²) in [5.74, 6) is -0.887. The maximum atomic E-state index is 13.3. The zero-order valence-electron chi connectivity index (χ0n) is 17.6. The van der Waals surface area contributed by atoms with E-state index in [4.69, 9.17) is 27.9 Å². The number of benzene rings is 2. The molecule has 0 bridgehead atoms. The van der Waals surface area contributed by atoms with Gasteiger partial charge >= 0.3 is 0 Å². The van der Waals surface area contributed by atoms with E-state index in [1.54, 1.807) is 37.3 Å². The van der Waals surface area contributed by atoms with Crippen LogP contribution in [0.15, 0.2) is 53.3 Å². The number of aromatic hydroxyl groups is 1. The van der Waals surface area contributed by atoms with Crippen LogP contribution in [-0.4, -0.2) is 21.6 Å². The van der Waals surface area contributed by atoms with Gasteiger partial charge in [0.2, 0.25) is 11.7 Å². The van der Waals surface area contributed by atoms with Crippen molar-refractivity contribution < 1.29 is 14.6 Å². The standard InChI is InChI=1S/C24H20Cl2N2O4/c1-13-18(12-27)23(30)28(14(2)16-7-5-4-6-8-16)24(31)21(13)22(29)15(3)32-20-10-9-17(25)11-19(20)26/h4-11,14-15,31H,1-3H3. The molecule has 0 spiro atoms. The van der Waals surface area contributed by atoms with Gasteiger partial charge in [0, 0.05) is 5.02 Å². The molecule has 0 saturated carbocycles. The number of hydrogen-bond donors (Lipinski definition) is 1. The van der Waals surface area contributed by atoms with Gasteiger partial charge in [0.15, 0.2) is 6.10 Å². The number of hydrogen-bond acceptors (Lipinski definition) is 5. The van der Waals surface area contributed by atoms with Crippen molar-refractivity contribution in [3.05, 3.63) is 91.2 Å². The molecule has 3 aromatic rings. The van der Waals surface area contributed by atoms with E-state index in [-0.39, 0.29) is 27.5 Å². The van der Waals surface area contributed by atoms with Gasteiger partial charge in [0.1, 0.15) is 17.4 Å². The van der Waals surface area contributed by atoms with Crippen LogP contribution in [0.2, 0.25) is 10.0 Å². The molecule has 0 aliphatic carbocycles. The van der Waals surface area contributed by atoms with Gasteiger partial charge in [-0.3, -0.25) is 14.2 Å². The Morgan fingerprint density at radius 3 is 2.41 bits per heavy atom. The second kappa shape index (κ2) is 9.47. The van der Waals surface area contributed by atoms with Crippen molar-refractivity contribution >= 4 is 29.0 Å². The Morgan fingerprint density at radius 1 is 1.16 bits per heavy atom. The molecular weight excluding hydrogens is 451 g/mol. The zero-order chi connectivity index (χ0) is 23.6. The van der Waals surface area contributed by atoms with Crippen molar-refractivity contribution in [2.45, 2.75) is 32.9 Å². The third kappa shape index (κ3) is 4.36. The maximum absolute atomic E-state index is 13.3. The molecule has 2 atom stereocenters. The summed E-state index contributed by atoms with van der Waals surface area (Å²) >= 11 is 12.0. The smallest absolute Gasteiger partial charge is 0.272 e. The van der Waals surface area contributed by atoms with Gasteiger partial charge in [-0.05, 0) is 50.1 Å². The second-order valence-electron chi connectivity index (χ2n) is 7.27. The quantitative estimate of drug-likeness (QED) is 0.493. The highest BCUT2D eigenvalue weighted by molar-refractivity contribution is 6.35. The van der Waals surface area contributed by atoms with Gasteiger partial charge in [-0.1, -0.05) is 53.5 Å². The molecule has 0 radical (unpaired) electrons. The minimum atomic E-state index is -1.07. The van der Waals surface area contributed by atoms with Crippen molar-refractivity contribution in [1.29, 1.82) is 5.26 Å². The van der Waals surface area contributed by atoms with E-state index in [0.29, 0.717) is 5.02 Å². The lowest BCUT2D eigenvalue weighted by atomic mass is 9.98. The topological polar surface area (TPSA) is 92.3 Å². The Balaban J connectivity index is 2.10. The lowest BCUT2D eigenvalue weighted by molar-refractivity contribution is 0.0812. The van der Waals surface area contributed by atoms with Crippen LogP contribution in [-0.2, 0) is 0 Å². The molecule has 0 aliphatic rings. The Bertz CT molecular complexity index is 1280. The summed E-state index contributed by atoms with van der Waals surface area (Å²) in [6.45, 7) is 4.65. The number of ketones is 1. The molecule has 0 saturated heterocycles. The molecule has 1 aromatic heterocycles. The van der Waals surface area contributed by atoms with Crippen LogP contribution >= 0.6 is 23.2 Å². The van der Waals surface area contributed by atoms with Crippen molar-refractivity contribution in [3.63, 3.8) is 0 Å². The third-order valence-electron chi connectivity index (χ3n) is 5.23. The van der Waals surface area contributed by atoms with Gasteiger partial charge in [-0.25, -0.2) is 0 Å². The monoisotopic (exact) mass is 470 g/mol. The molecule has 1 heterocycles. The van der Waals surface area contributed by atoms with Crippen molar-refractivity contribution in [2.24, 2.45) is 0 Å². The van der Waals surface area contributed by atoms with E-state index in [0.717, 1.165) is 10.1 Å². The van der Waals surface area contributed by atoms with Crippen LogP contribution in [0, 0.1) is 18.3 Å². The Morgan fingerprint density at radius 2 is 1.81 bits per heavy atom. The van der Waals surface area contributed by atoms with Crippen LogP contribution in [0.4, 0.5) is 0 Å². The number of pyridine rings is 1. The fourth-order valence-corrected chi connectivity index (χ4v) is 3.93. The molecule has 2 aromatic carbocycles. The van der Waals surface area contributed by atoms with Gasteiger partial charge in [0.05, 0.1) is 16.6 Å². The molecule has 0 amide bonds. The Kier molecular flexibility index (Phi) is 6.93. The summed E-state index contributed by atoms with van der Waals surface area (Å²) in [5, 5.41) is 21.2. The number of carbonyl (C=O) groups is 1. The number of aromatic nitrogens is 1. The highest BCUT2D eigenvalue weighted by Gasteiger charge is 2.30. The van der Waals surface area contributed by atoms with E-state index in [1.807, 2.05) is 12.1 Å². The first-order chi connectivity index (χ1) is 15.2. The summed E-state index contributed by atoms with van der Waals surface area (Å²) in [6, 6.07) is 14.8. The average molecular weight is 471 g/mol. The molecule has 0 fully saturated rings. The van der Waals surface area contributed by atoms with Crippen molar-refractivity contribution in [1.82, 2.24) is 4.57 Å². The highest BCUT2D eigenvalue weighted by Crippen LogP contribution is 2.31. The molecule has 6 nitrogen and oxygen atoms in total. The fraction of sp³-hybridized carbons (Fsp3) is 0.208. The lowest BCUT2D eigenvalue weighted by Gasteiger charge is -2.22. The Labute approximate surface area is 195 Å². The number of halogens is 2. The highest BCUT2D eigenvalue weighted by atomic mass is 35.5. The third-order valence-corrected chi connectivity index (χ3v) is 5.76. The number of rotatable bonds is 6. The summed E-state index contributed by atoms with van der Waals surface area (Å²) in [4.78, 5) is 26.3. The minimum absolute atomic E-state index is 0.0918. The van der Waals surface area contributed by atoms with Gasteiger partial charge in [0.25, 0.3) is 5.56 Å². The first-order valence-corrected chi connectivity index (χ1v) is 10.5.